The molecule has 27 heavy (non-hydrogen) atoms. The van der Waals surface area contributed by atoms with Crippen molar-refractivity contribution in [1.29, 1.82) is 0 Å². The molecule has 3 amide bonds. The van der Waals surface area contributed by atoms with E-state index in [4.69, 9.17) is 0 Å². The zero-order chi connectivity index (χ0) is 19.4. The summed E-state index contributed by atoms with van der Waals surface area (Å²) in [7, 11) is 0. The van der Waals surface area contributed by atoms with Crippen molar-refractivity contribution in [2.45, 2.75) is 0 Å². The van der Waals surface area contributed by atoms with Gasteiger partial charge in [0.05, 0.1) is 10.5 Å². The van der Waals surface area contributed by atoms with Gasteiger partial charge in [0, 0.05) is 17.6 Å². The number of hydrogen-bond donors (Lipinski definition) is 2. The summed E-state index contributed by atoms with van der Waals surface area (Å²) in [6.45, 7) is 0.148. The third-order valence-electron chi connectivity index (χ3n) is 3.79. The van der Waals surface area contributed by atoms with Crippen LogP contribution in [0.1, 0.15) is 15.9 Å². The summed E-state index contributed by atoms with van der Waals surface area (Å²) >= 11 is 4.24. The molecular weight excluding hydrogens is 432 g/mol. The highest BCUT2D eigenvalue weighted by Crippen LogP contribution is 2.32. The lowest BCUT2D eigenvalue weighted by Crippen LogP contribution is -2.37. The summed E-state index contributed by atoms with van der Waals surface area (Å²) in [4.78, 5) is 38.1. The van der Waals surface area contributed by atoms with Crippen molar-refractivity contribution < 1.29 is 19.5 Å². The minimum atomic E-state index is -0.468. The number of benzene rings is 2. The Morgan fingerprint density at radius 2 is 1.96 bits per heavy atom. The minimum Gasteiger partial charge on any atom is -0.507 e. The van der Waals surface area contributed by atoms with Gasteiger partial charge < -0.3 is 10.4 Å². The van der Waals surface area contributed by atoms with Gasteiger partial charge in [-0.15, -0.1) is 0 Å². The fraction of sp³-hybridized carbons (Fsp3) is 0.105. The first-order valence-electron chi connectivity index (χ1n) is 8.03. The zero-order valence-electron chi connectivity index (χ0n) is 14.0. The number of halogens is 1. The van der Waals surface area contributed by atoms with Crippen LogP contribution in [0.2, 0.25) is 0 Å². The molecule has 0 radical (unpaired) electrons. The number of aromatic hydroxyl groups is 1. The molecule has 2 N–H and O–H groups in total. The van der Waals surface area contributed by atoms with Crippen LogP contribution in [0.3, 0.4) is 0 Å². The lowest BCUT2D eigenvalue weighted by atomic mass is 10.2. The smallest absolute Gasteiger partial charge is 0.293 e. The van der Waals surface area contributed by atoms with Gasteiger partial charge in [0.2, 0.25) is 0 Å². The SMILES string of the molecule is O=C(NCCN1C(=O)S/C(=C\c2cccc(Br)c2)C1=O)c1ccccc1O. The summed E-state index contributed by atoms with van der Waals surface area (Å²) in [5.74, 6) is -0.982. The Balaban J connectivity index is 1.61. The molecule has 3 rings (SSSR count). The van der Waals surface area contributed by atoms with Crippen LogP contribution in [0.4, 0.5) is 4.79 Å². The standard InChI is InChI=1S/C19H15BrN2O4S/c20-13-5-3-4-12(10-13)11-16-18(25)22(19(26)27-16)9-8-21-17(24)14-6-1-2-7-15(14)23/h1-7,10-11,23H,8-9H2,(H,21,24)/b16-11-. The molecule has 0 unspecified atom stereocenters. The third kappa shape index (κ3) is 4.58. The maximum atomic E-state index is 12.5. The van der Waals surface area contributed by atoms with Crippen LogP contribution in [0, 0.1) is 0 Å². The number of phenolic OH excluding ortho intramolecular Hbond substituents is 1. The fourth-order valence-electron chi connectivity index (χ4n) is 2.48. The lowest BCUT2D eigenvalue weighted by Gasteiger charge is -2.13. The molecule has 0 spiro atoms. The van der Waals surface area contributed by atoms with Crippen molar-refractivity contribution in [2.24, 2.45) is 0 Å². The molecule has 8 heteroatoms. The number of imide groups is 1. The molecule has 6 nitrogen and oxygen atoms in total. The van der Waals surface area contributed by atoms with Crippen LogP contribution in [0.25, 0.3) is 6.08 Å². The van der Waals surface area contributed by atoms with Crippen molar-refractivity contribution in [3.63, 3.8) is 0 Å². The zero-order valence-corrected chi connectivity index (χ0v) is 16.4. The van der Waals surface area contributed by atoms with Crippen LogP contribution in [-0.4, -0.2) is 40.1 Å². The topological polar surface area (TPSA) is 86.7 Å². The molecular formula is C19H15BrN2O4S. The quantitative estimate of drug-likeness (QED) is 0.684. The number of thioether (sulfide) groups is 1. The Labute approximate surface area is 168 Å². The van der Waals surface area contributed by atoms with E-state index in [2.05, 4.69) is 21.2 Å². The van der Waals surface area contributed by atoms with Gasteiger partial charge in [-0.25, -0.2) is 0 Å². The summed E-state index contributed by atoms with van der Waals surface area (Å²) < 4.78 is 0.877. The predicted octanol–water partition coefficient (Wildman–Crippen LogP) is 3.62. The second-order valence-electron chi connectivity index (χ2n) is 5.66. The Kier molecular flexibility index (Phi) is 5.98. The minimum absolute atomic E-state index is 0.0554. The van der Waals surface area contributed by atoms with Crippen molar-refractivity contribution in [2.75, 3.05) is 13.1 Å². The molecule has 0 saturated carbocycles. The highest BCUT2D eigenvalue weighted by Gasteiger charge is 2.34. The highest BCUT2D eigenvalue weighted by molar-refractivity contribution is 9.10. The van der Waals surface area contributed by atoms with Gasteiger partial charge in [-0.3, -0.25) is 19.3 Å². The molecule has 1 saturated heterocycles. The van der Waals surface area contributed by atoms with E-state index in [9.17, 15) is 19.5 Å². The molecule has 2 aromatic rings. The van der Waals surface area contributed by atoms with Gasteiger partial charge in [0.25, 0.3) is 17.1 Å². The Morgan fingerprint density at radius 3 is 2.70 bits per heavy atom. The van der Waals surface area contributed by atoms with E-state index in [-0.39, 0.29) is 35.5 Å². The van der Waals surface area contributed by atoms with E-state index in [1.165, 1.54) is 12.1 Å². The number of carbonyl (C=O) groups excluding carboxylic acids is 3. The number of para-hydroxylation sites is 1. The molecule has 1 aliphatic heterocycles. The number of hydrogen-bond acceptors (Lipinski definition) is 5. The second-order valence-corrected chi connectivity index (χ2v) is 7.57. The third-order valence-corrected chi connectivity index (χ3v) is 5.19. The average molecular weight is 447 g/mol. The van der Waals surface area contributed by atoms with E-state index in [0.717, 1.165) is 26.7 Å². The molecule has 0 aromatic heterocycles. The van der Waals surface area contributed by atoms with E-state index in [1.807, 2.05) is 24.3 Å². The van der Waals surface area contributed by atoms with Gasteiger partial charge in [-0.1, -0.05) is 40.2 Å². The molecule has 0 aliphatic carbocycles. The van der Waals surface area contributed by atoms with Gasteiger partial charge in [-0.2, -0.15) is 0 Å². The maximum Gasteiger partial charge on any atom is 0.293 e. The predicted molar refractivity (Wildman–Crippen MR) is 107 cm³/mol. The van der Waals surface area contributed by atoms with Crippen LogP contribution in [0.5, 0.6) is 5.75 Å². The maximum absolute atomic E-state index is 12.5. The van der Waals surface area contributed by atoms with Crippen molar-refractivity contribution in [3.05, 3.63) is 69.0 Å². The molecule has 1 aliphatic rings. The van der Waals surface area contributed by atoms with Crippen LogP contribution >= 0.6 is 27.7 Å². The van der Waals surface area contributed by atoms with Crippen molar-refractivity contribution >= 4 is 50.8 Å². The average Bonchev–Trinajstić information content (AvgIpc) is 2.89. The number of nitrogens with zero attached hydrogens (tertiary/aromatic N) is 1. The van der Waals surface area contributed by atoms with Gasteiger partial charge in [0.1, 0.15) is 5.75 Å². The van der Waals surface area contributed by atoms with E-state index < -0.39 is 5.91 Å². The van der Waals surface area contributed by atoms with Crippen LogP contribution < -0.4 is 5.32 Å². The normalized spacial score (nSPS) is 15.4. The molecule has 2 aromatic carbocycles. The summed E-state index contributed by atoms with van der Waals surface area (Å²) in [5.41, 5.74) is 0.948. The first-order valence-corrected chi connectivity index (χ1v) is 9.64. The lowest BCUT2D eigenvalue weighted by molar-refractivity contribution is -0.122. The molecule has 138 valence electrons. The van der Waals surface area contributed by atoms with Crippen molar-refractivity contribution in [3.8, 4) is 5.75 Å². The van der Waals surface area contributed by atoms with Crippen LogP contribution in [0.15, 0.2) is 57.9 Å². The fourth-order valence-corrected chi connectivity index (χ4v) is 3.76. The monoisotopic (exact) mass is 446 g/mol. The largest absolute Gasteiger partial charge is 0.507 e. The molecule has 0 atom stereocenters. The first-order chi connectivity index (χ1) is 13.0. The first kappa shape index (κ1) is 19.2. The molecule has 1 heterocycles. The Morgan fingerprint density at radius 1 is 1.19 bits per heavy atom. The molecule has 1 fully saturated rings. The second kappa shape index (κ2) is 8.41. The van der Waals surface area contributed by atoms with Crippen molar-refractivity contribution in [1.82, 2.24) is 10.2 Å². The summed E-state index contributed by atoms with van der Waals surface area (Å²) in [6.07, 6.45) is 1.66. The Bertz CT molecular complexity index is 945. The van der Waals surface area contributed by atoms with Gasteiger partial charge in [0.15, 0.2) is 0 Å². The number of nitrogens with one attached hydrogen (secondary N) is 1. The van der Waals surface area contributed by atoms with Gasteiger partial charge in [-0.05, 0) is 47.7 Å². The number of phenols is 1. The van der Waals surface area contributed by atoms with E-state index in [1.54, 1.807) is 18.2 Å². The van der Waals surface area contributed by atoms with Crippen LogP contribution in [-0.2, 0) is 4.79 Å². The Hall–Kier alpha value is -2.58. The van der Waals surface area contributed by atoms with E-state index >= 15 is 0 Å². The number of amides is 3. The highest BCUT2D eigenvalue weighted by atomic mass is 79.9. The van der Waals surface area contributed by atoms with E-state index in [0.29, 0.717) is 4.91 Å². The number of rotatable bonds is 5. The number of carbonyl (C=O) groups is 3. The summed E-state index contributed by atoms with van der Waals surface area (Å²) in [5, 5.41) is 11.9. The van der Waals surface area contributed by atoms with Gasteiger partial charge >= 0.3 is 0 Å². The molecule has 0 bridgehead atoms. The summed E-state index contributed by atoms with van der Waals surface area (Å²) in [6, 6.07) is 13.6.